The molecule has 4 N–H and O–H groups in total. The minimum atomic E-state index is -4.07. The number of aliphatic carboxylic acids is 1. The van der Waals surface area contributed by atoms with Gasteiger partial charge in [0.25, 0.3) is 10.0 Å². The molecule has 0 atom stereocenters. The summed E-state index contributed by atoms with van der Waals surface area (Å²) in [5, 5.41) is 16.7. The van der Waals surface area contributed by atoms with Crippen molar-refractivity contribution in [2.24, 2.45) is 5.73 Å². The van der Waals surface area contributed by atoms with E-state index in [4.69, 9.17) is 15.9 Å². The molecule has 3 rings (SSSR count). The lowest BCUT2D eigenvalue weighted by Crippen LogP contribution is -2.35. The third-order valence-corrected chi connectivity index (χ3v) is 6.43. The van der Waals surface area contributed by atoms with Crippen LogP contribution in [0.4, 0.5) is 5.69 Å². The summed E-state index contributed by atoms with van der Waals surface area (Å²) >= 11 is 0. The minimum Gasteiger partial charge on any atom is -0.493 e. The zero-order chi connectivity index (χ0) is 23.1. The maximum atomic E-state index is 13.1. The van der Waals surface area contributed by atoms with E-state index in [2.05, 4.69) is 0 Å². The summed E-state index contributed by atoms with van der Waals surface area (Å²) in [6.07, 6.45) is 0.587. The predicted molar refractivity (Wildman–Crippen MR) is 122 cm³/mol. The summed E-state index contributed by atoms with van der Waals surface area (Å²) < 4.78 is 32.7. The summed E-state index contributed by atoms with van der Waals surface area (Å²) in [6.45, 7) is -0.392. The van der Waals surface area contributed by atoms with Gasteiger partial charge in [-0.3, -0.25) is 14.5 Å². The van der Waals surface area contributed by atoms with E-state index in [1.165, 1.54) is 24.3 Å². The van der Waals surface area contributed by atoms with Crippen molar-refractivity contribution in [3.63, 3.8) is 0 Å². The van der Waals surface area contributed by atoms with Gasteiger partial charge in [0, 0.05) is 18.1 Å². The Morgan fingerprint density at radius 3 is 2.31 bits per heavy atom. The van der Waals surface area contributed by atoms with Gasteiger partial charge in [-0.15, -0.1) is 0 Å². The molecule has 0 unspecified atom stereocenters. The molecule has 0 spiro atoms. The van der Waals surface area contributed by atoms with Crippen LogP contribution in [0.2, 0.25) is 0 Å². The van der Waals surface area contributed by atoms with Crippen molar-refractivity contribution < 1.29 is 23.1 Å². The lowest BCUT2D eigenvalue weighted by atomic mass is 10.1. The number of amidine groups is 1. The predicted octanol–water partition coefficient (Wildman–Crippen LogP) is 2.87. The van der Waals surface area contributed by atoms with E-state index in [1.807, 2.05) is 12.1 Å². The first-order chi connectivity index (χ1) is 15.3. The number of sulfonamides is 1. The van der Waals surface area contributed by atoms with Gasteiger partial charge in [0.2, 0.25) is 0 Å². The van der Waals surface area contributed by atoms with Crippen LogP contribution in [0.3, 0.4) is 0 Å². The van der Waals surface area contributed by atoms with Gasteiger partial charge in [0.15, 0.2) is 0 Å². The lowest BCUT2D eigenvalue weighted by Gasteiger charge is -2.23. The Morgan fingerprint density at radius 2 is 1.69 bits per heavy atom. The van der Waals surface area contributed by atoms with Crippen LogP contribution >= 0.6 is 0 Å². The number of carbonyl (C=O) groups is 1. The van der Waals surface area contributed by atoms with Crippen molar-refractivity contribution in [3.05, 3.63) is 90.0 Å². The highest BCUT2D eigenvalue weighted by molar-refractivity contribution is 7.92. The van der Waals surface area contributed by atoms with Crippen molar-refractivity contribution >= 4 is 27.5 Å². The quantitative estimate of drug-likeness (QED) is 0.319. The monoisotopic (exact) mass is 453 g/mol. The third kappa shape index (κ3) is 5.64. The van der Waals surface area contributed by atoms with Gasteiger partial charge < -0.3 is 15.6 Å². The van der Waals surface area contributed by atoms with E-state index in [0.29, 0.717) is 24.3 Å². The number of hydrogen-bond acceptors (Lipinski definition) is 5. The SMILES string of the molecule is N=C(N)c1ccc(CCOc2cccc(N(CC(=O)O)S(=O)(=O)c3ccccc3)c2)cc1. The van der Waals surface area contributed by atoms with Crippen LogP contribution in [0, 0.1) is 5.41 Å². The fourth-order valence-electron chi connectivity index (χ4n) is 3.02. The maximum absolute atomic E-state index is 13.1. The molecule has 166 valence electrons. The number of nitrogen functional groups attached to an aromatic ring is 1. The molecule has 3 aromatic carbocycles. The normalized spacial score (nSPS) is 11.0. The number of carboxylic acid groups (broad SMARTS) is 1. The molecule has 0 amide bonds. The smallest absolute Gasteiger partial charge is 0.324 e. The van der Waals surface area contributed by atoms with Crippen LogP contribution in [-0.2, 0) is 21.2 Å². The van der Waals surface area contributed by atoms with Crippen LogP contribution in [0.15, 0.2) is 83.8 Å². The van der Waals surface area contributed by atoms with E-state index in [1.54, 1.807) is 42.5 Å². The van der Waals surface area contributed by atoms with Crippen molar-refractivity contribution in [2.45, 2.75) is 11.3 Å². The summed E-state index contributed by atoms with van der Waals surface area (Å²) in [7, 11) is -4.07. The van der Waals surface area contributed by atoms with Crippen molar-refractivity contribution in [1.29, 1.82) is 5.41 Å². The number of ether oxygens (including phenoxy) is 1. The van der Waals surface area contributed by atoms with E-state index in [-0.39, 0.29) is 16.4 Å². The number of benzene rings is 3. The minimum absolute atomic E-state index is 0.000912. The van der Waals surface area contributed by atoms with Crippen LogP contribution in [0.1, 0.15) is 11.1 Å². The Hall–Kier alpha value is -3.85. The Morgan fingerprint density at radius 1 is 1.00 bits per heavy atom. The first kappa shape index (κ1) is 22.8. The molecule has 0 aliphatic rings. The lowest BCUT2D eigenvalue weighted by molar-refractivity contribution is -0.135. The molecule has 0 saturated heterocycles. The van der Waals surface area contributed by atoms with Gasteiger partial charge in [0.1, 0.15) is 18.1 Å². The largest absolute Gasteiger partial charge is 0.493 e. The van der Waals surface area contributed by atoms with Crippen LogP contribution < -0.4 is 14.8 Å². The highest BCUT2D eigenvalue weighted by atomic mass is 32.2. The number of nitrogens with zero attached hydrogens (tertiary/aromatic N) is 1. The number of rotatable bonds is 10. The molecular weight excluding hydrogens is 430 g/mol. The molecule has 0 radical (unpaired) electrons. The second kappa shape index (κ2) is 9.97. The molecule has 0 fully saturated rings. The van der Waals surface area contributed by atoms with Crippen molar-refractivity contribution in [1.82, 2.24) is 0 Å². The van der Waals surface area contributed by atoms with Crippen molar-refractivity contribution in [2.75, 3.05) is 17.5 Å². The van der Waals surface area contributed by atoms with E-state index < -0.39 is 22.5 Å². The summed E-state index contributed by atoms with van der Waals surface area (Å²) in [6, 6.07) is 21.2. The Balaban J connectivity index is 1.76. The first-order valence-electron chi connectivity index (χ1n) is 9.73. The van der Waals surface area contributed by atoms with Crippen LogP contribution in [-0.4, -0.2) is 38.5 Å². The van der Waals surface area contributed by atoms with Gasteiger partial charge in [-0.05, 0) is 29.8 Å². The second-order valence-corrected chi connectivity index (χ2v) is 8.79. The van der Waals surface area contributed by atoms with Crippen LogP contribution in [0.5, 0.6) is 5.75 Å². The molecule has 3 aromatic rings. The molecule has 0 heterocycles. The summed E-state index contributed by atoms with van der Waals surface area (Å²) in [4.78, 5) is 11.4. The topological polar surface area (TPSA) is 134 Å². The highest BCUT2D eigenvalue weighted by Crippen LogP contribution is 2.27. The average Bonchev–Trinajstić information content (AvgIpc) is 2.78. The number of carboxylic acids is 1. The van der Waals surface area contributed by atoms with E-state index >= 15 is 0 Å². The first-order valence-corrected chi connectivity index (χ1v) is 11.2. The molecule has 0 aliphatic carbocycles. The number of anilines is 1. The van der Waals surface area contributed by atoms with Gasteiger partial charge in [0.05, 0.1) is 17.2 Å². The highest BCUT2D eigenvalue weighted by Gasteiger charge is 2.27. The van der Waals surface area contributed by atoms with Gasteiger partial charge >= 0.3 is 5.97 Å². The third-order valence-electron chi connectivity index (χ3n) is 4.64. The molecular formula is C23H23N3O5S. The Kier molecular flexibility index (Phi) is 7.11. The average molecular weight is 454 g/mol. The van der Waals surface area contributed by atoms with Crippen LogP contribution in [0.25, 0.3) is 0 Å². The van der Waals surface area contributed by atoms with Gasteiger partial charge in [-0.25, -0.2) is 8.42 Å². The summed E-state index contributed by atoms with van der Waals surface area (Å²) in [5.74, 6) is -0.854. The zero-order valence-corrected chi connectivity index (χ0v) is 18.0. The standard InChI is InChI=1S/C23H23N3O5S/c24-23(25)18-11-9-17(10-12-18)13-14-31-20-6-4-5-19(15-20)26(16-22(27)28)32(29,30)21-7-2-1-3-8-21/h1-12,15H,13-14,16H2,(H3,24,25)(H,27,28). The zero-order valence-electron chi connectivity index (χ0n) is 17.1. The van der Waals surface area contributed by atoms with Gasteiger partial charge in [-0.2, -0.15) is 0 Å². The van der Waals surface area contributed by atoms with Crippen molar-refractivity contribution in [3.8, 4) is 5.75 Å². The fraction of sp³-hybridized carbons (Fsp3) is 0.130. The van der Waals surface area contributed by atoms with E-state index in [9.17, 15) is 18.3 Å². The molecule has 0 aromatic heterocycles. The molecule has 9 heteroatoms. The number of hydrogen-bond donors (Lipinski definition) is 3. The molecule has 0 bridgehead atoms. The molecule has 0 saturated carbocycles. The Bertz CT molecular complexity index is 1200. The Labute approximate surface area is 186 Å². The molecule has 32 heavy (non-hydrogen) atoms. The molecule has 8 nitrogen and oxygen atoms in total. The number of nitrogens with one attached hydrogen (secondary N) is 1. The van der Waals surface area contributed by atoms with E-state index in [0.717, 1.165) is 9.87 Å². The number of nitrogens with two attached hydrogens (primary N) is 1. The fourth-order valence-corrected chi connectivity index (χ4v) is 4.45. The molecule has 0 aliphatic heterocycles. The second-order valence-electron chi connectivity index (χ2n) is 6.92. The van der Waals surface area contributed by atoms with Gasteiger partial charge in [-0.1, -0.05) is 48.5 Å². The summed E-state index contributed by atoms with van der Waals surface area (Å²) in [5.41, 5.74) is 7.28. The maximum Gasteiger partial charge on any atom is 0.324 e.